The van der Waals surface area contributed by atoms with Crippen LogP contribution in [0.4, 0.5) is 5.69 Å². The van der Waals surface area contributed by atoms with E-state index in [1.165, 1.54) is 0 Å². The van der Waals surface area contributed by atoms with E-state index in [2.05, 4.69) is 25.8 Å². The summed E-state index contributed by atoms with van der Waals surface area (Å²) in [4.78, 5) is 16.9. The molecule has 0 aromatic heterocycles. The number of nitrogens with zero attached hydrogens (tertiary/aromatic N) is 2. The zero-order valence-corrected chi connectivity index (χ0v) is 12.6. The third-order valence-corrected chi connectivity index (χ3v) is 4.10. The van der Waals surface area contributed by atoms with Gasteiger partial charge in [0, 0.05) is 30.9 Å². The molecule has 2 N–H and O–H groups in total. The molecule has 1 aromatic carbocycles. The monoisotopic (exact) mass is 277 g/mol. The van der Waals surface area contributed by atoms with E-state index in [-0.39, 0.29) is 5.91 Å². The van der Waals surface area contributed by atoms with Crippen LogP contribution in [0.5, 0.6) is 5.75 Å². The fourth-order valence-corrected chi connectivity index (χ4v) is 2.63. The lowest BCUT2D eigenvalue weighted by atomic mass is 10.1. The van der Waals surface area contributed by atoms with E-state index in [9.17, 15) is 4.79 Å². The number of hydrogen-bond donors (Lipinski definition) is 1. The molecule has 0 radical (unpaired) electrons. The molecule has 1 saturated heterocycles. The quantitative estimate of drug-likeness (QED) is 0.831. The Morgan fingerprint density at radius 3 is 2.45 bits per heavy atom. The van der Waals surface area contributed by atoms with Gasteiger partial charge in [0.05, 0.1) is 12.7 Å². The molecule has 0 spiro atoms. The lowest BCUT2D eigenvalue weighted by molar-refractivity contribution is 0.0412. The van der Waals surface area contributed by atoms with Crippen molar-refractivity contribution in [3.63, 3.8) is 0 Å². The third kappa shape index (κ3) is 2.72. The molecule has 1 fully saturated rings. The maximum atomic E-state index is 12.7. The van der Waals surface area contributed by atoms with Crippen LogP contribution in [0, 0.1) is 0 Å². The molecule has 2 atom stereocenters. The standard InChI is InChI=1S/C15H23N3O2/c1-10-8-18(9-11(2)17(10)3)15(19)13-7-12(16)5-6-14(13)20-4/h5-7,10-11H,8-9,16H2,1-4H3. The first-order chi connectivity index (χ1) is 9.43. The van der Waals surface area contributed by atoms with Crippen LogP contribution in [0.3, 0.4) is 0 Å². The molecule has 1 heterocycles. The second kappa shape index (κ2) is 5.71. The molecular weight excluding hydrogens is 254 g/mol. The Bertz CT molecular complexity index is 492. The average molecular weight is 277 g/mol. The molecule has 110 valence electrons. The highest BCUT2D eigenvalue weighted by Crippen LogP contribution is 2.24. The number of methoxy groups -OCH3 is 1. The number of anilines is 1. The Balaban J connectivity index is 2.25. The highest BCUT2D eigenvalue weighted by molar-refractivity contribution is 5.98. The lowest BCUT2D eigenvalue weighted by Crippen LogP contribution is -2.56. The third-order valence-electron chi connectivity index (χ3n) is 4.10. The summed E-state index contributed by atoms with van der Waals surface area (Å²) < 4.78 is 5.27. The fourth-order valence-electron chi connectivity index (χ4n) is 2.63. The smallest absolute Gasteiger partial charge is 0.257 e. The van der Waals surface area contributed by atoms with E-state index in [0.29, 0.717) is 29.1 Å². The maximum Gasteiger partial charge on any atom is 0.257 e. The van der Waals surface area contributed by atoms with Gasteiger partial charge >= 0.3 is 0 Å². The van der Waals surface area contributed by atoms with E-state index >= 15 is 0 Å². The van der Waals surface area contributed by atoms with Crippen LogP contribution in [-0.2, 0) is 0 Å². The van der Waals surface area contributed by atoms with E-state index in [1.54, 1.807) is 25.3 Å². The Kier molecular flexibility index (Phi) is 4.18. The Labute approximate surface area is 120 Å². The predicted octanol–water partition coefficient (Wildman–Crippen LogP) is 1.44. The molecule has 2 rings (SSSR count). The van der Waals surface area contributed by atoms with Crippen molar-refractivity contribution in [2.45, 2.75) is 25.9 Å². The van der Waals surface area contributed by atoms with Crippen LogP contribution in [-0.4, -0.2) is 55.0 Å². The maximum absolute atomic E-state index is 12.7. The minimum atomic E-state index is -0.0130. The van der Waals surface area contributed by atoms with Crippen molar-refractivity contribution in [3.05, 3.63) is 23.8 Å². The van der Waals surface area contributed by atoms with Gasteiger partial charge in [-0.2, -0.15) is 0 Å². The number of likely N-dealkylation sites (N-methyl/N-ethyl adjacent to an activating group) is 1. The largest absolute Gasteiger partial charge is 0.496 e. The SMILES string of the molecule is COc1ccc(N)cc1C(=O)N1CC(C)N(C)C(C)C1. The van der Waals surface area contributed by atoms with Crippen LogP contribution < -0.4 is 10.5 Å². The van der Waals surface area contributed by atoms with Gasteiger partial charge in [0.2, 0.25) is 0 Å². The van der Waals surface area contributed by atoms with Crippen molar-refractivity contribution in [1.29, 1.82) is 0 Å². The summed E-state index contributed by atoms with van der Waals surface area (Å²) >= 11 is 0. The van der Waals surface area contributed by atoms with Crippen molar-refractivity contribution in [2.24, 2.45) is 0 Å². The number of ether oxygens (including phenoxy) is 1. The molecule has 1 aromatic rings. The number of carbonyl (C=O) groups is 1. The number of carbonyl (C=O) groups excluding carboxylic acids is 1. The summed E-state index contributed by atoms with van der Waals surface area (Å²) in [5.41, 5.74) is 6.90. The normalized spacial score (nSPS) is 23.7. The molecule has 20 heavy (non-hydrogen) atoms. The van der Waals surface area contributed by atoms with Crippen LogP contribution in [0.25, 0.3) is 0 Å². The highest BCUT2D eigenvalue weighted by Gasteiger charge is 2.30. The van der Waals surface area contributed by atoms with Crippen LogP contribution in [0.2, 0.25) is 0 Å². The van der Waals surface area contributed by atoms with E-state index in [4.69, 9.17) is 10.5 Å². The Hall–Kier alpha value is -1.75. The first-order valence-corrected chi connectivity index (χ1v) is 6.88. The Morgan fingerprint density at radius 2 is 1.90 bits per heavy atom. The number of benzene rings is 1. The van der Waals surface area contributed by atoms with Crippen LogP contribution in [0.15, 0.2) is 18.2 Å². The van der Waals surface area contributed by atoms with E-state index < -0.39 is 0 Å². The van der Waals surface area contributed by atoms with Gasteiger partial charge in [-0.15, -0.1) is 0 Å². The second-order valence-electron chi connectivity index (χ2n) is 5.53. The van der Waals surface area contributed by atoms with Crippen molar-refractivity contribution >= 4 is 11.6 Å². The van der Waals surface area contributed by atoms with Gasteiger partial charge in [-0.1, -0.05) is 0 Å². The van der Waals surface area contributed by atoms with Crippen molar-refractivity contribution in [2.75, 3.05) is 33.0 Å². The number of hydrogen-bond acceptors (Lipinski definition) is 4. The number of piperazine rings is 1. The molecular formula is C15H23N3O2. The minimum Gasteiger partial charge on any atom is -0.496 e. The fraction of sp³-hybridized carbons (Fsp3) is 0.533. The number of amides is 1. The minimum absolute atomic E-state index is 0.0130. The molecule has 0 aliphatic carbocycles. The van der Waals surface area contributed by atoms with Gasteiger partial charge in [-0.05, 0) is 39.1 Å². The first-order valence-electron chi connectivity index (χ1n) is 6.88. The molecule has 1 aliphatic heterocycles. The van der Waals surface area contributed by atoms with Gasteiger partial charge in [-0.3, -0.25) is 9.69 Å². The van der Waals surface area contributed by atoms with Crippen molar-refractivity contribution in [3.8, 4) is 5.75 Å². The van der Waals surface area contributed by atoms with Crippen molar-refractivity contribution in [1.82, 2.24) is 9.80 Å². The zero-order valence-electron chi connectivity index (χ0n) is 12.6. The van der Waals surface area contributed by atoms with Gasteiger partial charge in [0.1, 0.15) is 5.75 Å². The van der Waals surface area contributed by atoms with Crippen LogP contribution >= 0.6 is 0 Å². The van der Waals surface area contributed by atoms with E-state index in [1.807, 2.05) is 4.90 Å². The molecule has 1 aliphatic rings. The zero-order chi connectivity index (χ0) is 14.9. The molecule has 1 amide bonds. The first kappa shape index (κ1) is 14.7. The highest BCUT2D eigenvalue weighted by atomic mass is 16.5. The molecule has 5 heteroatoms. The molecule has 5 nitrogen and oxygen atoms in total. The van der Waals surface area contributed by atoms with Gasteiger partial charge in [0.15, 0.2) is 0 Å². The molecule has 0 saturated carbocycles. The molecule has 2 unspecified atom stereocenters. The topological polar surface area (TPSA) is 58.8 Å². The predicted molar refractivity (Wildman–Crippen MR) is 80.0 cm³/mol. The second-order valence-corrected chi connectivity index (χ2v) is 5.53. The van der Waals surface area contributed by atoms with Gasteiger partial charge < -0.3 is 15.4 Å². The molecule has 0 bridgehead atoms. The lowest BCUT2D eigenvalue weighted by Gasteiger charge is -2.42. The average Bonchev–Trinajstić information content (AvgIpc) is 2.43. The van der Waals surface area contributed by atoms with Gasteiger partial charge in [0.25, 0.3) is 5.91 Å². The Morgan fingerprint density at radius 1 is 1.30 bits per heavy atom. The summed E-state index contributed by atoms with van der Waals surface area (Å²) in [6.07, 6.45) is 0. The van der Waals surface area contributed by atoms with Gasteiger partial charge in [-0.25, -0.2) is 0 Å². The van der Waals surface area contributed by atoms with Crippen LogP contribution in [0.1, 0.15) is 24.2 Å². The summed E-state index contributed by atoms with van der Waals surface area (Å²) in [7, 11) is 3.66. The number of nitrogen functional groups attached to an aromatic ring is 1. The van der Waals surface area contributed by atoms with E-state index in [0.717, 1.165) is 13.1 Å². The number of nitrogens with two attached hydrogens (primary N) is 1. The summed E-state index contributed by atoms with van der Waals surface area (Å²) in [5.74, 6) is 0.560. The summed E-state index contributed by atoms with van der Waals surface area (Å²) in [6, 6.07) is 5.86. The number of rotatable bonds is 2. The summed E-state index contributed by atoms with van der Waals surface area (Å²) in [6.45, 7) is 5.70. The summed E-state index contributed by atoms with van der Waals surface area (Å²) in [5, 5.41) is 0. The van der Waals surface area contributed by atoms with Crippen molar-refractivity contribution < 1.29 is 9.53 Å².